The Labute approximate surface area is 161 Å². The van der Waals surface area contributed by atoms with Crippen LogP contribution in [0.3, 0.4) is 0 Å². The number of carbonyl (C=O) groups is 1. The van der Waals surface area contributed by atoms with E-state index in [1.54, 1.807) is 6.07 Å². The van der Waals surface area contributed by atoms with E-state index in [1.807, 2.05) is 26.0 Å². The smallest absolute Gasteiger partial charge is 0.275 e. The Hall–Kier alpha value is -1.73. The number of aromatic nitrogens is 2. The number of fused-ring (bicyclic) bond motifs is 1. The molecule has 2 heterocycles. The molecule has 1 N–H and O–H groups in total. The van der Waals surface area contributed by atoms with E-state index >= 15 is 0 Å². The Bertz CT molecular complexity index is 857. The lowest BCUT2D eigenvalue weighted by Crippen LogP contribution is -2.39. The number of benzene rings is 1. The second-order valence-corrected chi connectivity index (χ2v) is 7.90. The summed E-state index contributed by atoms with van der Waals surface area (Å²) in [5, 5.41) is 8.73. The predicted molar refractivity (Wildman–Crippen MR) is 104 cm³/mol. The normalized spacial score (nSPS) is 17.6. The number of amides is 1. The summed E-state index contributed by atoms with van der Waals surface area (Å²) in [7, 11) is 0. The quantitative estimate of drug-likeness (QED) is 0.804. The Balaban J connectivity index is 1.80. The van der Waals surface area contributed by atoms with Crippen LogP contribution in [0.15, 0.2) is 27.5 Å². The van der Waals surface area contributed by atoms with Crippen LogP contribution >= 0.6 is 15.9 Å². The summed E-state index contributed by atoms with van der Waals surface area (Å²) in [4.78, 5) is 25.0. The van der Waals surface area contributed by atoms with Crippen molar-refractivity contribution in [3.8, 4) is 0 Å². The van der Waals surface area contributed by atoms with Crippen LogP contribution in [0.2, 0.25) is 0 Å². The van der Waals surface area contributed by atoms with Crippen molar-refractivity contribution >= 4 is 32.6 Å². The molecule has 140 valence electrons. The highest BCUT2D eigenvalue weighted by Crippen LogP contribution is 2.24. The molecule has 1 unspecified atom stereocenters. The molecule has 1 amide bonds. The third kappa shape index (κ3) is 4.32. The van der Waals surface area contributed by atoms with Crippen molar-refractivity contribution in [2.75, 3.05) is 13.2 Å². The van der Waals surface area contributed by atoms with Gasteiger partial charge in [-0.1, -0.05) is 29.8 Å². The molecule has 1 aromatic heterocycles. The fraction of sp³-hybridized carbons (Fsp3) is 0.526. The van der Waals surface area contributed by atoms with E-state index in [1.165, 1.54) is 4.68 Å². The molecule has 2 aromatic rings. The lowest BCUT2D eigenvalue weighted by molar-refractivity contribution is -0.122. The van der Waals surface area contributed by atoms with E-state index in [9.17, 15) is 9.59 Å². The second kappa shape index (κ2) is 8.31. The standard InChI is InChI=1S/C19H24BrN3O3/c1-12(2)18-16-9-13(20)6-7-15(16)19(25)23(22-18)11-17(24)21-10-14-5-3-4-8-26-14/h6-7,9,12,14H,3-5,8,10-11H2,1-2H3,(H,21,24). The molecule has 1 aromatic carbocycles. The van der Waals surface area contributed by atoms with Gasteiger partial charge in [-0.05, 0) is 43.4 Å². The zero-order valence-corrected chi connectivity index (χ0v) is 16.7. The number of halogens is 1. The second-order valence-electron chi connectivity index (χ2n) is 6.99. The molecule has 1 fully saturated rings. The van der Waals surface area contributed by atoms with Crippen molar-refractivity contribution in [3.63, 3.8) is 0 Å². The molecule has 0 bridgehead atoms. The van der Waals surface area contributed by atoms with E-state index in [2.05, 4.69) is 26.3 Å². The molecular formula is C19H24BrN3O3. The maximum Gasteiger partial charge on any atom is 0.275 e. The van der Waals surface area contributed by atoms with Crippen molar-refractivity contribution < 1.29 is 9.53 Å². The number of hydrogen-bond acceptors (Lipinski definition) is 4. The molecule has 6 nitrogen and oxygen atoms in total. The van der Waals surface area contributed by atoms with Crippen LogP contribution in [-0.4, -0.2) is 34.9 Å². The first-order chi connectivity index (χ1) is 12.5. The summed E-state index contributed by atoms with van der Waals surface area (Å²) >= 11 is 3.44. The van der Waals surface area contributed by atoms with Crippen molar-refractivity contribution in [2.24, 2.45) is 0 Å². The molecule has 1 atom stereocenters. The van der Waals surface area contributed by atoms with Gasteiger partial charge in [0.2, 0.25) is 5.91 Å². The highest BCUT2D eigenvalue weighted by molar-refractivity contribution is 9.10. The Morgan fingerprint density at radius 2 is 2.19 bits per heavy atom. The SMILES string of the molecule is CC(C)c1nn(CC(=O)NCC2CCCCO2)c(=O)c2ccc(Br)cc12. The van der Waals surface area contributed by atoms with E-state index in [0.29, 0.717) is 11.9 Å². The molecule has 1 saturated heterocycles. The van der Waals surface area contributed by atoms with Gasteiger partial charge in [0.05, 0.1) is 17.2 Å². The lowest BCUT2D eigenvalue weighted by Gasteiger charge is -2.22. The van der Waals surface area contributed by atoms with Crippen LogP contribution in [-0.2, 0) is 16.1 Å². The molecular weight excluding hydrogens is 398 g/mol. The molecule has 7 heteroatoms. The summed E-state index contributed by atoms with van der Waals surface area (Å²) in [6.45, 7) is 5.19. The molecule has 0 radical (unpaired) electrons. The average molecular weight is 422 g/mol. The molecule has 1 aliphatic rings. The molecule has 3 rings (SSSR count). The fourth-order valence-electron chi connectivity index (χ4n) is 3.20. The first kappa shape index (κ1) is 19.0. The van der Waals surface area contributed by atoms with Crippen molar-refractivity contribution in [1.29, 1.82) is 0 Å². The van der Waals surface area contributed by atoms with Crippen molar-refractivity contribution in [3.05, 3.63) is 38.7 Å². The minimum absolute atomic E-state index is 0.0672. The van der Waals surface area contributed by atoms with E-state index in [0.717, 1.165) is 41.4 Å². The van der Waals surface area contributed by atoms with Crippen LogP contribution in [0.4, 0.5) is 0 Å². The van der Waals surface area contributed by atoms with Gasteiger partial charge in [-0.25, -0.2) is 4.68 Å². The Kier molecular flexibility index (Phi) is 6.09. The number of nitrogens with one attached hydrogen (secondary N) is 1. The minimum Gasteiger partial charge on any atom is -0.376 e. The van der Waals surface area contributed by atoms with Gasteiger partial charge in [0, 0.05) is 23.0 Å². The zero-order chi connectivity index (χ0) is 18.7. The zero-order valence-electron chi connectivity index (χ0n) is 15.1. The highest BCUT2D eigenvalue weighted by atomic mass is 79.9. The lowest BCUT2D eigenvalue weighted by atomic mass is 10.0. The van der Waals surface area contributed by atoms with Gasteiger partial charge in [-0.2, -0.15) is 5.10 Å². The molecule has 0 spiro atoms. The first-order valence-electron chi connectivity index (χ1n) is 9.04. The maximum absolute atomic E-state index is 12.7. The van der Waals surface area contributed by atoms with Gasteiger partial charge in [0.15, 0.2) is 0 Å². The van der Waals surface area contributed by atoms with Gasteiger partial charge in [-0.3, -0.25) is 9.59 Å². The van der Waals surface area contributed by atoms with Gasteiger partial charge in [-0.15, -0.1) is 0 Å². The van der Waals surface area contributed by atoms with Crippen LogP contribution < -0.4 is 10.9 Å². The first-order valence-corrected chi connectivity index (χ1v) is 9.83. The van der Waals surface area contributed by atoms with Gasteiger partial charge in [0.1, 0.15) is 6.54 Å². The molecule has 0 saturated carbocycles. The van der Waals surface area contributed by atoms with Crippen molar-refractivity contribution in [2.45, 2.75) is 51.7 Å². The van der Waals surface area contributed by atoms with Gasteiger partial charge in [0.25, 0.3) is 5.56 Å². The third-order valence-corrected chi connectivity index (χ3v) is 5.09. The number of nitrogens with zero attached hydrogens (tertiary/aromatic N) is 2. The molecule has 1 aliphatic heterocycles. The predicted octanol–water partition coefficient (Wildman–Crippen LogP) is 2.97. The summed E-state index contributed by atoms with van der Waals surface area (Å²) in [5.41, 5.74) is 0.560. The minimum atomic E-state index is -0.249. The van der Waals surface area contributed by atoms with Crippen LogP contribution in [0.25, 0.3) is 10.8 Å². The average Bonchev–Trinajstić information content (AvgIpc) is 2.63. The van der Waals surface area contributed by atoms with Crippen LogP contribution in [0.1, 0.15) is 44.7 Å². The molecule has 26 heavy (non-hydrogen) atoms. The number of rotatable bonds is 5. The van der Waals surface area contributed by atoms with E-state index < -0.39 is 0 Å². The summed E-state index contributed by atoms with van der Waals surface area (Å²) in [5.74, 6) is -0.0858. The number of carbonyl (C=O) groups excluding carboxylic acids is 1. The summed E-state index contributed by atoms with van der Waals surface area (Å²) in [6, 6.07) is 5.52. The summed E-state index contributed by atoms with van der Waals surface area (Å²) in [6.07, 6.45) is 3.23. The Morgan fingerprint density at radius 3 is 2.88 bits per heavy atom. The Morgan fingerprint density at radius 1 is 1.38 bits per heavy atom. The third-order valence-electron chi connectivity index (χ3n) is 4.59. The fourth-order valence-corrected chi connectivity index (χ4v) is 3.57. The van der Waals surface area contributed by atoms with Crippen LogP contribution in [0, 0.1) is 0 Å². The van der Waals surface area contributed by atoms with Crippen molar-refractivity contribution in [1.82, 2.24) is 15.1 Å². The highest BCUT2D eigenvalue weighted by Gasteiger charge is 2.17. The number of ether oxygens (including phenoxy) is 1. The monoisotopic (exact) mass is 421 g/mol. The largest absolute Gasteiger partial charge is 0.376 e. The maximum atomic E-state index is 12.7. The molecule has 0 aliphatic carbocycles. The number of hydrogen-bond donors (Lipinski definition) is 1. The van der Waals surface area contributed by atoms with Gasteiger partial charge >= 0.3 is 0 Å². The topological polar surface area (TPSA) is 73.2 Å². The van der Waals surface area contributed by atoms with E-state index in [-0.39, 0.29) is 30.0 Å². The van der Waals surface area contributed by atoms with Crippen LogP contribution in [0.5, 0.6) is 0 Å². The van der Waals surface area contributed by atoms with E-state index in [4.69, 9.17) is 4.74 Å². The van der Waals surface area contributed by atoms with Gasteiger partial charge < -0.3 is 10.1 Å². The summed E-state index contributed by atoms with van der Waals surface area (Å²) < 4.78 is 7.78.